The van der Waals surface area contributed by atoms with E-state index in [-0.39, 0.29) is 0 Å². The average Bonchev–Trinajstić information content (AvgIpc) is 2.32. The minimum absolute atomic E-state index is 0.544. The molecule has 1 heterocycles. The third kappa shape index (κ3) is 5.37. The van der Waals surface area contributed by atoms with Gasteiger partial charge in [-0.15, -0.1) is 0 Å². The molecule has 96 valence electrons. The maximum Gasteiger partial charge on any atom is 0.232 e. The van der Waals surface area contributed by atoms with Gasteiger partial charge < -0.3 is 10.1 Å². The zero-order chi connectivity index (χ0) is 12.5. The third-order valence-electron chi connectivity index (χ3n) is 2.48. The van der Waals surface area contributed by atoms with Crippen LogP contribution in [0.5, 0.6) is 5.88 Å². The van der Waals surface area contributed by atoms with Crippen molar-refractivity contribution in [2.45, 2.75) is 39.2 Å². The maximum atomic E-state index is 6.09. The van der Waals surface area contributed by atoms with Gasteiger partial charge >= 0.3 is 0 Å². The summed E-state index contributed by atoms with van der Waals surface area (Å²) in [5, 5.41) is 3.65. The van der Waals surface area contributed by atoms with E-state index in [4.69, 9.17) is 16.3 Å². The van der Waals surface area contributed by atoms with Crippen molar-refractivity contribution < 1.29 is 4.74 Å². The molecule has 0 aliphatic rings. The first-order valence-electron chi connectivity index (χ1n) is 6.19. The molecule has 17 heavy (non-hydrogen) atoms. The first kappa shape index (κ1) is 14.3. The van der Waals surface area contributed by atoms with Crippen LogP contribution in [0.4, 0.5) is 0 Å². The lowest BCUT2D eigenvalue weighted by Crippen LogP contribution is -2.06. The molecule has 0 aliphatic carbocycles. The van der Waals surface area contributed by atoms with Crippen LogP contribution in [-0.2, 0) is 6.54 Å². The standard InChI is InChI=1S/C13H21ClN2O/c1-3-4-5-6-7-17-13-12(14)8-11(9-15-2)10-16-13/h8,10,15H,3-7,9H2,1-2H3. The molecule has 0 atom stereocenters. The van der Waals surface area contributed by atoms with Gasteiger partial charge in [0.25, 0.3) is 0 Å². The van der Waals surface area contributed by atoms with E-state index in [1.807, 2.05) is 13.1 Å². The van der Waals surface area contributed by atoms with Gasteiger partial charge in [0.05, 0.1) is 6.61 Å². The Morgan fingerprint density at radius 3 is 2.82 bits per heavy atom. The number of pyridine rings is 1. The van der Waals surface area contributed by atoms with Gasteiger partial charge in [0.2, 0.25) is 5.88 Å². The molecular weight excluding hydrogens is 236 g/mol. The van der Waals surface area contributed by atoms with Crippen molar-refractivity contribution in [3.63, 3.8) is 0 Å². The normalized spacial score (nSPS) is 10.5. The van der Waals surface area contributed by atoms with Gasteiger partial charge in [-0.3, -0.25) is 0 Å². The van der Waals surface area contributed by atoms with E-state index in [1.54, 1.807) is 6.20 Å². The van der Waals surface area contributed by atoms with Crippen molar-refractivity contribution >= 4 is 11.6 Å². The number of nitrogens with one attached hydrogen (secondary N) is 1. The second-order valence-electron chi connectivity index (χ2n) is 4.07. The van der Waals surface area contributed by atoms with Gasteiger partial charge in [-0.25, -0.2) is 4.98 Å². The van der Waals surface area contributed by atoms with Crippen LogP contribution >= 0.6 is 11.6 Å². The van der Waals surface area contributed by atoms with Crippen LogP contribution in [0.3, 0.4) is 0 Å². The van der Waals surface area contributed by atoms with E-state index in [2.05, 4.69) is 17.2 Å². The van der Waals surface area contributed by atoms with E-state index in [9.17, 15) is 0 Å². The number of ether oxygens (including phenoxy) is 1. The van der Waals surface area contributed by atoms with E-state index in [0.29, 0.717) is 17.5 Å². The Morgan fingerprint density at radius 1 is 1.35 bits per heavy atom. The van der Waals surface area contributed by atoms with Gasteiger partial charge in [-0.05, 0) is 25.1 Å². The van der Waals surface area contributed by atoms with Gasteiger partial charge in [0.15, 0.2) is 0 Å². The molecule has 0 bridgehead atoms. The molecule has 0 unspecified atom stereocenters. The highest BCUT2D eigenvalue weighted by molar-refractivity contribution is 6.31. The molecule has 1 aromatic heterocycles. The third-order valence-corrected chi connectivity index (χ3v) is 2.75. The van der Waals surface area contributed by atoms with Crippen LogP contribution in [-0.4, -0.2) is 18.6 Å². The lowest BCUT2D eigenvalue weighted by molar-refractivity contribution is 0.294. The summed E-state index contributed by atoms with van der Waals surface area (Å²) in [4.78, 5) is 4.22. The van der Waals surface area contributed by atoms with Crippen LogP contribution in [0.25, 0.3) is 0 Å². The molecule has 0 amide bonds. The first-order valence-corrected chi connectivity index (χ1v) is 6.57. The van der Waals surface area contributed by atoms with Gasteiger partial charge in [-0.2, -0.15) is 0 Å². The van der Waals surface area contributed by atoms with E-state index in [1.165, 1.54) is 19.3 Å². The zero-order valence-electron chi connectivity index (χ0n) is 10.6. The first-order chi connectivity index (χ1) is 8.27. The second kappa shape index (κ2) is 8.31. The fourth-order valence-electron chi connectivity index (χ4n) is 1.57. The fraction of sp³-hybridized carbons (Fsp3) is 0.615. The molecule has 1 N–H and O–H groups in total. The summed E-state index contributed by atoms with van der Waals surface area (Å²) in [6.07, 6.45) is 6.54. The Labute approximate surface area is 109 Å². The number of rotatable bonds is 8. The van der Waals surface area contributed by atoms with Crippen LogP contribution in [0.15, 0.2) is 12.3 Å². The van der Waals surface area contributed by atoms with E-state index in [0.717, 1.165) is 18.5 Å². The summed E-state index contributed by atoms with van der Waals surface area (Å²) in [5.74, 6) is 0.544. The second-order valence-corrected chi connectivity index (χ2v) is 4.48. The Morgan fingerprint density at radius 2 is 2.18 bits per heavy atom. The zero-order valence-corrected chi connectivity index (χ0v) is 11.4. The molecule has 0 aromatic carbocycles. The monoisotopic (exact) mass is 256 g/mol. The molecule has 0 saturated carbocycles. The highest BCUT2D eigenvalue weighted by atomic mass is 35.5. The number of hydrogen-bond donors (Lipinski definition) is 1. The van der Waals surface area contributed by atoms with Crippen molar-refractivity contribution in [2.75, 3.05) is 13.7 Å². The number of aromatic nitrogens is 1. The average molecular weight is 257 g/mol. The number of nitrogens with zero attached hydrogens (tertiary/aromatic N) is 1. The summed E-state index contributed by atoms with van der Waals surface area (Å²) in [6, 6.07) is 1.90. The van der Waals surface area contributed by atoms with Crippen LogP contribution in [0, 0.1) is 0 Å². The van der Waals surface area contributed by atoms with Crippen LogP contribution in [0.2, 0.25) is 5.02 Å². The topological polar surface area (TPSA) is 34.1 Å². The van der Waals surface area contributed by atoms with Crippen molar-refractivity contribution in [2.24, 2.45) is 0 Å². The molecule has 3 nitrogen and oxygen atoms in total. The van der Waals surface area contributed by atoms with E-state index < -0.39 is 0 Å². The van der Waals surface area contributed by atoms with Crippen LogP contribution < -0.4 is 10.1 Å². The molecule has 4 heteroatoms. The molecule has 1 rings (SSSR count). The lowest BCUT2D eigenvalue weighted by Gasteiger charge is -2.08. The Balaban J connectivity index is 2.38. The molecule has 0 fully saturated rings. The maximum absolute atomic E-state index is 6.09. The highest BCUT2D eigenvalue weighted by Crippen LogP contribution is 2.22. The summed E-state index contributed by atoms with van der Waals surface area (Å²) >= 11 is 6.09. The predicted molar refractivity (Wildman–Crippen MR) is 71.6 cm³/mol. The van der Waals surface area contributed by atoms with Crippen molar-refractivity contribution in [1.82, 2.24) is 10.3 Å². The van der Waals surface area contributed by atoms with Gasteiger partial charge in [-0.1, -0.05) is 37.8 Å². The Hall–Kier alpha value is -0.800. The summed E-state index contributed by atoms with van der Waals surface area (Å²) in [7, 11) is 1.89. The van der Waals surface area contributed by atoms with Crippen molar-refractivity contribution in [1.29, 1.82) is 0 Å². The smallest absolute Gasteiger partial charge is 0.232 e. The minimum atomic E-state index is 0.544. The number of hydrogen-bond acceptors (Lipinski definition) is 3. The SMILES string of the molecule is CCCCCCOc1ncc(CNC)cc1Cl. The minimum Gasteiger partial charge on any atom is -0.477 e. The Kier molecular flexibility index (Phi) is 6.97. The highest BCUT2D eigenvalue weighted by Gasteiger charge is 2.04. The fourth-order valence-corrected chi connectivity index (χ4v) is 1.81. The number of halogens is 1. The van der Waals surface area contributed by atoms with Gasteiger partial charge in [0.1, 0.15) is 5.02 Å². The molecule has 0 spiro atoms. The van der Waals surface area contributed by atoms with Crippen molar-refractivity contribution in [3.05, 3.63) is 22.8 Å². The Bertz CT molecular complexity index is 331. The predicted octanol–water partition coefficient (Wildman–Crippen LogP) is 3.41. The van der Waals surface area contributed by atoms with Crippen LogP contribution in [0.1, 0.15) is 38.2 Å². The summed E-state index contributed by atoms with van der Waals surface area (Å²) < 4.78 is 5.55. The molecule has 0 saturated heterocycles. The molecule has 0 radical (unpaired) electrons. The largest absolute Gasteiger partial charge is 0.477 e. The van der Waals surface area contributed by atoms with E-state index >= 15 is 0 Å². The summed E-state index contributed by atoms with van der Waals surface area (Å²) in [6.45, 7) is 3.65. The lowest BCUT2D eigenvalue weighted by atomic mass is 10.2. The molecule has 0 aliphatic heterocycles. The number of unbranched alkanes of at least 4 members (excludes halogenated alkanes) is 3. The van der Waals surface area contributed by atoms with Gasteiger partial charge in [0, 0.05) is 12.7 Å². The quantitative estimate of drug-likeness (QED) is 0.724. The molecule has 1 aromatic rings. The molecular formula is C13H21ClN2O. The van der Waals surface area contributed by atoms with Crippen molar-refractivity contribution in [3.8, 4) is 5.88 Å². The summed E-state index contributed by atoms with van der Waals surface area (Å²) in [5.41, 5.74) is 1.07.